The van der Waals surface area contributed by atoms with Crippen molar-refractivity contribution < 1.29 is 8.94 Å². The summed E-state index contributed by atoms with van der Waals surface area (Å²) in [4.78, 5) is 4.06. The van der Waals surface area contributed by atoms with Gasteiger partial charge < -0.3 is 14.7 Å². The molecule has 0 saturated carbocycles. The van der Waals surface area contributed by atoms with Crippen LogP contribution in [-0.2, 0) is 0 Å². The first-order valence-electron chi connectivity index (χ1n) is 3.90. The van der Waals surface area contributed by atoms with Gasteiger partial charge >= 0.3 is 0 Å². The maximum atomic E-state index is 5.55. The van der Waals surface area contributed by atoms with Crippen LogP contribution in [0, 0.1) is 0 Å². The second-order valence-corrected chi connectivity index (χ2v) is 2.72. The van der Waals surface area contributed by atoms with E-state index in [-0.39, 0.29) is 6.04 Å². The van der Waals surface area contributed by atoms with Crippen LogP contribution in [0.1, 0.15) is 18.9 Å². The molecule has 0 aliphatic heterocycles. The van der Waals surface area contributed by atoms with Gasteiger partial charge in [-0.15, -0.1) is 0 Å². The van der Waals surface area contributed by atoms with Crippen LogP contribution in [0.5, 0.6) is 0 Å². The quantitative estimate of drug-likeness (QED) is 0.752. The van der Waals surface area contributed by atoms with Crippen LogP contribution in [0.4, 0.5) is 0 Å². The second-order valence-electron chi connectivity index (χ2n) is 2.72. The summed E-state index contributed by atoms with van der Waals surface area (Å²) < 4.78 is 9.99. The Morgan fingerprint density at radius 2 is 2.38 bits per heavy atom. The zero-order valence-corrected chi connectivity index (χ0v) is 7.10. The van der Waals surface area contributed by atoms with Gasteiger partial charge in [-0.3, -0.25) is 0 Å². The second kappa shape index (κ2) is 3.02. The molecule has 0 saturated heterocycles. The Bertz CT molecular complexity index is 378. The molecular weight excluding hydrogens is 170 g/mol. The topological polar surface area (TPSA) is 78.1 Å². The molecule has 5 heteroatoms. The smallest absolute Gasteiger partial charge is 0.243 e. The standard InChI is InChI=1S/C8H9N3O2/c1-5(9)8-10-7(11-13-8)6-3-2-4-12-6/h2-5H,9H2,1H3/t5-/m0/s1. The molecule has 0 aliphatic carbocycles. The number of nitrogens with two attached hydrogens (primary N) is 1. The lowest BCUT2D eigenvalue weighted by Crippen LogP contribution is -2.04. The highest BCUT2D eigenvalue weighted by atomic mass is 16.5. The maximum Gasteiger partial charge on any atom is 0.243 e. The Hall–Kier alpha value is -1.62. The first-order chi connectivity index (χ1) is 6.27. The van der Waals surface area contributed by atoms with E-state index in [1.54, 1.807) is 25.3 Å². The number of furan rings is 1. The SMILES string of the molecule is C[C@H](N)c1nc(-c2ccco2)no1. The van der Waals surface area contributed by atoms with Crippen LogP contribution < -0.4 is 5.73 Å². The lowest BCUT2D eigenvalue weighted by Gasteiger charge is -1.92. The van der Waals surface area contributed by atoms with Gasteiger partial charge in [0.2, 0.25) is 11.7 Å². The normalized spacial score (nSPS) is 13.1. The Kier molecular flexibility index (Phi) is 1.86. The molecule has 0 radical (unpaired) electrons. The average molecular weight is 179 g/mol. The van der Waals surface area contributed by atoms with Crippen LogP contribution in [0.3, 0.4) is 0 Å². The molecule has 2 N–H and O–H groups in total. The summed E-state index contributed by atoms with van der Waals surface area (Å²) in [7, 11) is 0. The van der Waals surface area contributed by atoms with E-state index in [2.05, 4.69) is 10.1 Å². The maximum absolute atomic E-state index is 5.55. The molecule has 0 bridgehead atoms. The minimum absolute atomic E-state index is 0.254. The van der Waals surface area contributed by atoms with E-state index in [0.29, 0.717) is 17.5 Å². The molecule has 0 fully saturated rings. The van der Waals surface area contributed by atoms with E-state index in [1.165, 1.54) is 0 Å². The fourth-order valence-corrected chi connectivity index (χ4v) is 0.926. The number of aromatic nitrogens is 2. The van der Waals surface area contributed by atoms with E-state index in [0.717, 1.165) is 0 Å². The van der Waals surface area contributed by atoms with Crippen molar-refractivity contribution >= 4 is 0 Å². The molecule has 2 rings (SSSR count). The highest BCUT2D eigenvalue weighted by Gasteiger charge is 2.12. The predicted molar refractivity (Wildman–Crippen MR) is 44.6 cm³/mol. The average Bonchev–Trinajstić information content (AvgIpc) is 2.75. The molecule has 0 aliphatic rings. The largest absolute Gasteiger partial charge is 0.461 e. The van der Waals surface area contributed by atoms with Crippen molar-refractivity contribution in [3.63, 3.8) is 0 Å². The van der Waals surface area contributed by atoms with Crippen LogP contribution >= 0.6 is 0 Å². The number of hydrogen-bond donors (Lipinski definition) is 1. The van der Waals surface area contributed by atoms with Crippen molar-refractivity contribution in [1.29, 1.82) is 0 Å². The summed E-state index contributed by atoms with van der Waals surface area (Å²) >= 11 is 0. The van der Waals surface area contributed by atoms with E-state index >= 15 is 0 Å². The van der Waals surface area contributed by atoms with E-state index in [4.69, 9.17) is 14.7 Å². The molecule has 2 aromatic heterocycles. The van der Waals surface area contributed by atoms with E-state index in [9.17, 15) is 0 Å². The van der Waals surface area contributed by atoms with Crippen molar-refractivity contribution in [3.8, 4) is 11.6 Å². The molecule has 5 nitrogen and oxygen atoms in total. The third kappa shape index (κ3) is 1.46. The Labute approximate surface area is 74.5 Å². The molecule has 0 amide bonds. The molecule has 68 valence electrons. The fourth-order valence-electron chi connectivity index (χ4n) is 0.926. The van der Waals surface area contributed by atoms with Crippen molar-refractivity contribution in [2.24, 2.45) is 5.73 Å². The summed E-state index contributed by atoms with van der Waals surface area (Å²) in [6.45, 7) is 1.78. The number of nitrogens with zero attached hydrogens (tertiary/aromatic N) is 2. The molecule has 0 spiro atoms. The summed E-state index contributed by atoms with van der Waals surface area (Å²) in [5.74, 6) is 1.42. The Morgan fingerprint density at radius 1 is 1.54 bits per heavy atom. The van der Waals surface area contributed by atoms with Gasteiger partial charge in [-0.25, -0.2) is 0 Å². The fraction of sp³-hybridized carbons (Fsp3) is 0.250. The van der Waals surface area contributed by atoms with E-state index in [1.807, 2.05) is 0 Å². The summed E-state index contributed by atoms with van der Waals surface area (Å²) in [6, 6.07) is 3.27. The third-order valence-corrected chi connectivity index (χ3v) is 1.57. The van der Waals surface area contributed by atoms with Crippen LogP contribution in [0.2, 0.25) is 0 Å². The lowest BCUT2D eigenvalue weighted by molar-refractivity contribution is 0.361. The molecule has 1 atom stereocenters. The molecule has 0 unspecified atom stereocenters. The number of rotatable bonds is 2. The highest BCUT2D eigenvalue weighted by Crippen LogP contribution is 2.17. The summed E-state index contributed by atoms with van der Waals surface area (Å²) in [5.41, 5.74) is 5.55. The summed E-state index contributed by atoms with van der Waals surface area (Å²) in [6.07, 6.45) is 1.55. The van der Waals surface area contributed by atoms with Crippen LogP contribution in [0.15, 0.2) is 27.3 Å². The van der Waals surface area contributed by atoms with Gasteiger partial charge in [-0.2, -0.15) is 4.98 Å². The minimum atomic E-state index is -0.254. The van der Waals surface area contributed by atoms with Gasteiger partial charge in [-0.05, 0) is 19.1 Å². The van der Waals surface area contributed by atoms with Crippen LogP contribution in [-0.4, -0.2) is 10.1 Å². The highest BCUT2D eigenvalue weighted by molar-refractivity contribution is 5.44. The Balaban J connectivity index is 2.33. The van der Waals surface area contributed by atoms with Crippen molar-refractivity contribution in [2.75, 3.05) is 0 Å². The van der Waals surface area contributed by atoms with Crippen molar-refractivity contribution in [1.82, 2.24) is 10.1 Å². The van der Waals surface area contributed by atoms with Gasteiger partial charge in [0.25, 0.3) is 0 Å². The van der Waals surface area contributed by atoms with E-state index < -0.39 is 0 Å². The first-order valence-corrected chi connectivity index (χ1v) is 3.90. The van der Waals surface area contributed by atoms with Crippen molar-refractivity contribution in [3.05, 3.63) is 24.3 Å². The number of hydrogen-bond acceptors (Lipinski definition) is 5. The zero-order chi connectivity index (χ0) is 9.26. The first kappa shape index (κ1) is 8.00. The molecule has 2 heterocycles. The lowest BCUT2D eigenvalue weighted by atomic mass is 10.4. The van der Waals surface area contributed by atoms with Crippen molar-refractivity contribution in [2.45, 2.75) is 13.0 Å². The van der Waals surface area contributed by atoms with Gasteiger partial charge in [0.05, 0.1) is 12.3 Å². The molecule has 0 aromatic carbocycles. The summed E-state index contributed by atoms with van der Waals surface area (Å²) in [5, 5.41) is 3.72. The van der Waals surface area contributed by atoms with Gasteiger partial charge in [0.15, 0.2) is 5.76 Å². The Morgan fingerprint density at radius 3 is 2.92 bits per heavy atom. The van der Waals surface area contributed by atoms with Gasteiger partial charge in [0, 0.05) is 0 Å². The predicted octanol–water partition coefficient (Wildman–Crippen LogP) is 1.35. The third-order valence-electron chi connectivity index (χ3n) is 1.57. The monoisotopic (exact) mass is 179 g/mol. The van der Waals surface area contributed by atoms with Gasteiger partial charge in [-0.1, -0.05) is 5.16 Å². The molecular formula is C8H9N3O2. The molecule has 2 aromatic rings. The zero-order valence-electron chi connectivity index (χ0n) is 7.10. The minimum Gasteiger partial charge on any atom is -0.461 e. The van der Waals surface area contributed by atoms with Crippen LogP contribution in [0.25, 0.3) is 11.6 Å². The molecule has 13 heavy (non-hydrogen) atoms. The van der Waals surface area contributed by atoms with Gasteiger partial charge in [0.1, 0.15) is 0 Å².